The van der Waals surface area contributed by atoms with Gasteiger partial charge in [0.05, 0.1) is 6.61 Å². The van der Waals surface area contributed by atoms with Gasteiger partial charge in [0.2, 0.25) is 5.91 Å². The zero-order chi connectivity index (χ0) is 12.6. The Kier molecular flexibility index (Phi) is 3.32. The molecule has 1 atom stereocenters. The smallest absolute Gasteiger partial charge is 0.224 e. The predicted molar refractivity (Wildman–Crippen MR) is 69.0 cm³/mol. The van der Waals surface area contributed by atoms with Crippen molar-refractivity contribution in [3.05, 3.63) is 0 Å². The topological polar surface area (TPSA) is 55.6 Å². The van der Waals surface area contributed by atoms with E-state index in [1.165, 1.54) is 19.3 Å². The normalized spacial score (nSPS) is 29.9. The van der Waals surface area contributed by atoms with Crippen LogP contribution in [-0.4, -0.2) is 42.1 Å². The van der Waals surface area contributed by atoms with Gasteiger partial charge in [0.1, 0.15) is 0 Å². The molecular formula is C14H24N2O2. The van der Waals surface area contributed by atoms with E-state index < -0.39 is 0 Å². The second-order valence-corrected chi connectivity index (χ2v) is 6.40. The molecule has 0 aromatic rings. The molecule has 3 aliphatic rings. The number of carbonyl (C=O) groups excluding carboxylic acids is 1. The molecule has 3 rings (SSSR count). The Balaban J connectivity index is 1.56. The second kappa shape index (κ2) is 4.82. The fourth-order valence-corrected chi connectivity index (χ4v) is 3.06. The molecule has 1 saturated heterocycles. The first-order chi connectivity index (χ1) is 8.66. The van der Waals surface area contributed by atoms with E-state index in [-0.39, 0.29) is 11.4 Å². The number of hydrogen-bond donors (Lipinski definition) is 1. The average Bonchev–Trinajstić information content (AvgIpc) is 3.01. The first-order valence-corrected chi connectivity index (χ1v) is 7.32. The Morgan fingerprint density at radius 1 is 1.33 bits per heavy atom. The molecule has 1 heterocycles. The molecule has 0 bridgehead atoms. The van der Waals surface area contributed by atoms with Crippen LogP contribution in [-0.2, 0) is 9.53 Å². The van der Waals surface area contributed by atoms with E-state index in [1.807, 2.05) is 0 Å². The summed E-state index contributed by atoms with van der Waals surface area (Å²) >= 11 is 0. The third kappa shape index (κ3) is 2.69. The van der Waals surface area contributed by atoms with Gasteiger partial charge in [-0.3, -0.25) is 4.79 Å². The minimum atomic E-state index is -0.184. The lowest BCUT2D eigenvalue weighted by Crippen LogP contribution is -2.51. The van der Waals surface area contributed by atoms with Crippen molar-refractivity contribution < 1.29 is 9.53 Å². The molecule has 0 aromatic heterocycles. The van der Waals surface area contributed by atoms with Crippen molar-refractivity contribution in [3.8, 4) is 0 Å². The molecule has 0 radical (unpaired) electrons. The molecule has 1 aliphatic heterocycles. The highest BCUT2D eigenvalue weighted by atomic mass is 16.5. The summed E-state index contributed by atoms with van der Waals surface area (Å²) in [5.41, 5.74) is 6.01. The van der Waals surface area contributed by atoms with Crippen molar-refractivity contribution in [2.45, 2.75) is 56.5 Å². The number of carbonyl (C=O) groups is 1. The first-order valence-electron chi connectivity index (χ1n) is 7.32. The number of rotatable bonds is 5. The van der Waals surface area contributed by atoms with Gasteiger partial charge >= 0.3 is 0 Å². The maximum atomic E-state index is 12.4. The molecule has 2 aliphatic carbocycles. The largest absolute Gasteiger partial charge is 0.381 e. The molecule has 18 heavy (non-hydrogen) atoms. The predicted octanol–water partition coefficient (Wildman–Crippen LogP) is 1.29. The van der Waals surface area contributed by atoms with Gasteiger partial charge in [-0.15, -0.1) is 0 Å². The molecule has 102 valence electrons. The van der Waals surface area contributed by atoms with Crippen LogP contribution in [0.15, 0.2) is 0 Å². The van der Waals surface area contributed by atoms with Gasteiger partial charge in [0, 0.05) is 37.1 Å². The second-order valence-electron chi connectivity index (χ2n) is 6.40. The highest BCUT2D eigenvalue weighted by Gasteiger charge is 2.40. The Hall–Kier alpha value is -0.610. The van der Waals surface area contributed by atoms with Crippen LogP contribution in [0.3, 0.4) is 0 Å². The number of amides is 1. The third-order valence-electron chi connectivity index (χ3n) is 4.64. The van der Waals surface area contributed by atoms with E-state index in [1.54, 1.807) is 0 Å². The first kappa shape index (κ1) is 12.4. The lowest BCUT2D eigenvalue weighted by Gasteiger charge is -2.39. The zero-order valence-electron chi connectivity index (χ0n) is 11.1. The number of ether oxygens (including phenoxy) is 1. The Morgan fingerprint density at radius 3 is 2.61 bits per heavy atom. The van der Waals surface area contributed by atoms with Crippen molar-refractivity contribution in [2.75, 3.05) is 19.8 Å². The van der Waals surface area contributed by atoms with E-state index in [4.69, 9.17) is 10.5 Å². The molecule has 4 heteroatoms. The summed E-state index contributed by atoms with van der Waals surface area (Å²) in [4.78, 5) is 14.5. The van der Waals surface area contributed by atoms with Crippen LogP contribution in [0.5, 0.6) is 0 Å². The van der Waals surface area contributed by atoms with Crippen molar-refractivity contribution in [1.82, 2.24) is 4.90 Å². The van der Waals surface area contributed by atoms with Gasteiger partial charge < -0.3 is 15.4 Å². The van der Waals surface area contributed by atoms with Crippen molar-refractivity contribution >= 4 is 5.91 Å². The van der Waals surface area contributed by atoms with Gasteiger partial charge in [-0.05, 0) is 38.5 Å². The van der Waals surface area contributed by atoms with Crippen molar-refractivity contribution in [2.24, 2.45) is 11.7 Å². The van der Waals surface area contributed by atoms with E-state index in [0.717, 1.165) is 39.0 Å². The van der Waals surface area contributed by atoms with Gasteiger partial charge in [-0.1, -0.05) is 0 Å². The molecule has 0 aromatic carbocycles. The highest BCUT2D eigenvalue weighted by molar-refractivity contribution is 5.78. The van der Waals surface area contributed by atoms with E-state index >= 15 is 0 Å². The molecule has 1 unspecified atom stereocenters. The number of nitrogens with two attached hydrogens (primary N) is 1. The highest BCUT2D eigenvalue weighted by Crippen LogP contribution is 2.35. The summed E-state index contributed by atoms with van der Waals surface area (Å²) < 4.78 is 5.41. The lowest BCUT2D eigenvalue weighted by molar-refractivity contribution is -0.134. The monoisotopic (exact) mass is 252 g/mol. The van der Waals surface area contributed by atoms with E-state index in [0.29, 0.717) is 18.4 Å². The van der Waals surface area contributed by atoms with E-state index in [9.17, 15) is 4.79 Å². The lowest BCUT2D eigenvalue weighted by atomic mass is 9.75. The van der Waals surface area contributed by atoms with Crippen molar-refractivity contribution in [3.63, 3.8) is 0 Å². The number of hydrogen-bond acceptors (Lipinski definition) is 3. The molecule has 3 fully saturated rings. The average molecular weight is 252 g/mol. The van der Waals surface area contributed by atoms with Crippen molar-refractivity contribution in [1.29, 1.82) is 0 Å². The van der Waals surface area contributed by atoms with Gasteiger partial charge in [-0.2, -0.15) is 0 Å². The molecule has 0 spiro atoms. The molecule has 2 N–H and O–H groups in total. The van der Waals surface area contributed by atoms with Crippen LogP contribution < -0.4 is 5.73 Å². The summed E-state index contributed by atoms with van der Waals surface area (Å²) in [7, 11) is 0. The minimum absolute atomic E-state index is 0.184. The SMILES string of the molecule is NC1(CC(=O)N(CC2CCOC2)C2CC2)CCC1. The molecule has 2 saturated carbocycles. The molecular weight excluding hydrogens is 228 g/mol. The van der Waals surface area contributed by atoms with Crippen LogP contribution in [0.2, 0.25) is 0 Å². The van der Waals surface area contributed by atoms with Crippen LogP contribution in [0, 0.1) is 5.92 Å². The maximum Gasteiger partial charge on any atom is 0.224 e. The molecule has 4 nitrogen and oxygen atoms in total. The summed E-state index contributed by atoms with van der Waals surface area (Å²) in [5, 5.41) is 0. The summed E-state index contributed by atoms with van der Waals surface area (Å²) in [6.45, 7) is 2.57. The van der Waals surface area contributed by atoms with Gasteiger partial charge in [-0.25, -0.2) is 0 Å². The van der Waals surface area contributed by atoms with Gasteiger partial charge in [0.25, 0.3) is 0 Å². The van der Waals surface area contributed by atoms with Crippen LogP contribution in [0.4, 0.5) is 0 Å². The quantitative estimate of drug-likeness (QED) is 0.802. The third-order valence-corrected chi connectivity index (χ3v) is 4.64. The summed E-state index contributed by atoms with van der Waals surface area (Å²) in [5.74, 6) is 0.830. The Morgan fingerprint density at radius 2 is 2.11 bits per heavy atom. The maximum absolute atomic E-state index is 12.4. The standard InChI is InChI=1S/C14H24N2O2/c15-14(5-1-6-14)8-13(17)16(12-2-3-12)9-11-4-7-18-10-11/h11-12H,1-10,15H2. The van der Waals surface area contributed by atoms with Crippen LogP contribution in [0.25, 0.3) is 0 Å². The van der Waals surface area contributed by atoms with E-state index in [2.05, 4.69) is 4.90 Å². The summed E-state index contributed by atoms with van der Waals surface area (Å²) in [6.07, 6.45) is 7.23. The fourth-order valence-electron chi connectivity index (χ4n) is 3.06. The summed E-state index contributed by atoms with van der Waals surface area (Å²) in [6, 6.07) is 0.502. The Labute approximate surface area is 109 Å². The fraction of sp³-hybridized carbons (Fsp3) is 0.929. The zero-order valence-corrected chi connectivity index (χ0v) is 11.1. The van der Waals surface area contributed by atoms with Crippen LogP contribution >= 0.6 is 0 Å². The number of nitrogens with zero attached hydrogens (tertiary/aromatic N) is 1. The Bertz CT molecular complexity index is 318. The van der Waals surface area contributed by atoms with Gasteiger partial charge in [0.15, 0.2) is 0 Å². The van der Waals surface area contributed by atoms with Crippen LogP contribution in [0.1, 0.15) is 44.9 Å². The molecule has 1 amide bonds. The minimum Gasteiger partial charge on any atom is -0.381 e.